The number of ether oxygens (including phenoxy) is 1. The van der Waals surface area contributed by atoms with Crippen LogP contribution in [0, 0.1) is 17.5 Å². The first-order valence-electron chi connectivity index (χ1n) is 9.29. The number of amides is 2. The molecule has 0 saturated carbocycles. The van der Waals surface area contributed by atoms with E-state index in [4.69, 9.17) is 4.74 Å². The van der Waals surface area contributed by atoms with Crippen molar-refractivity contribution in [2.75, 3.05) is 29.3 Å². The molecule has 0 radical (unpaired) electrons. The Morgan fingerprint density at radius 2 is 1.81 bits per heavy atom. The molecule has 1 heterocycles. The SMILES string of the molecule is COCC(C)Nc1nccc(N(C(=O)Nc2c(F)ccc(F)c2F)c2ccccc2)n1. The highest BCUT2D eigenvalue weighted by Gasteiger charge is 2.24. The Morgan fingerprint density at radius 1 is 1.10 bits per heavy atom. The Morgan fingerprint density at radius 3 is 2.52 bits per heavy atom. The van der Waals surface area contributed by atoms with Gasteiger partial charge in [0.2, 0.25) is 5.95 Å². The van der Waals surface area contributed by atoms with E-state index < -0.39 is 29.2 Å². The summed E-state index contributed by atoms with van der Waals surface area (Å²) in [5, 5.41) is 5.12. The molecular formula is C21H20F3N5O2. The third-order valence-electron chi connectivity index (χ3n) is 4.16. The van der Waals surface area contributed by atoms with Crippen molar-refractivity contribution < 1.29 is 22.7 Å². The molecule has 1 atom stereocenters. The number of anilines is 4. The van der Waals surface area contributed by atoms with Gasteiger partial charge in [-0.05, 0) is 31.2 Å². The number of nitrogens with zero attached hydrogens (tertiary/aromatic N) is 3. The number of halogens is 3. The standard InChI is InChI=1S/C21H20F3N5O2/c1-13(12-31-2)26-20-25-11-10-17(27-20)29(14-6-4-3-5-7-14)21(30)28-19-16(23)9-8-15(22)18(19)24/h3-11,13H,12H2,1-2H3,(H,28,30)(H,25,26,27). The summed E-state index contributed by atoms with van der Waals surface area (Å²) in [5.74, 6) is -3.55. The van der Waals surface area contributed by atoms with Crippen LogP contribution in [0.5, 0.6) is 0 Å². The number of para-hydroxylation sites is 1. The van der Waals surface area contributed by atoms with Crippen molar-refractivity contribution in [2.45, 2.75) is 13.0 Å². The molecule has 0 aliphatic carbocycles. The molecule has 2 aromatic carbocycles. The summed E-state index contributed by atoms with van der Waals surface area (Å²) in [4.78, 5) is 22.6. The normalized spacial score (nSPS) is 11.6. The minimum Gasteiger partial charge on any atom is -0.383 e. The number of hydrogen-bond acceptors (Lipinski definition) is 5. The number of urea groups is 1. The lowest BCUT2D eigenvalue weighted by Crippen LogP contribution is -2.32. The number of rotatable bonds is 7. The molecule has 7 nitrogen and oxygen atoms in total. The summed E-state index contributed by atoms with van der Waals surface area (Å²) >= 11 is 0. The summed E-state index contributed by atoms with van der Waals surface area (Å²) in [6, 6.07) is 10.1. The van der Waals surface area contributed by atoms with Crippen LogP contribution in [0.2, 0.25) is 0 Å². The van der Waals surface area contributed by atoms with E-state index in [0.29, 0.717) is 18.4 Å². The van der Waals surface area contributed by atoms with Crippen LogP contribution in [-0.2, 0) is 4.74 Å². The quantitative estimate of drug-likeness (QED) is 0.530. The van der Waals surface area contributed by atoms with Crippen molar-refractivity contribution in [1.82, 2.24) is 9.97 Å². The molecule has 10 heteroatoms. The van der Waals surface area contributed by atoms with Crippen LogP contribution in [0.4, 0.5) is 41.1 Å². The number of nitrogens with one attached hydrogen (secondary N) is 2. The Hall–Kier alpha value is -3.66. The van der Waals surface area contributed by atoms with Crippen LogP contribution in [0.15, 0.2) is 54.7 Å². The van der Waals surface area contributed by atoms with E-state index in [1.165, 1.54) is 12.3 Å². The van der Waals surface area contributed by atoms with Crippen molar-refractivity contribution in [3.8, 4) is 0 Å². The molecule has 3 aromatic rings. The van der Waals surface area contributed by atoms with Gasteiger partial charge in [0.1, 0.15) is 17.3 Å². The summed E-state index contributed by atoms with van der Waals surface area (Å²) in [6.07, 6.45) is 1.43. The van der Waals surface area contributed by atoms with Gasteiger partial charge in [-0.1, -0.05) is 18.2 Å². The van der Waals surface area contributed by atoms with Gasteiger partial charge in [0, 0.05) is 25.4 Å². The van der Waals surface area contributed by atoms with Gasteiger partial charge < -0.3 is 15.4 Å². The highest BCUT2D eigenvalue weighted by molar-refractivity contribution is 6.06. The molecule has 0 aliphatic heterocycles. The second-order valence-electron chi connectivity index (χ2n) is 6.56. The second-order valence-corrected chi connectivity index (χ2v) is 6.56. The molecule has 162 valence electrons. The first kappa shape index (κ1) is 22.0. The fourth-order valence-electron chi connectivity index (χ4n) is 2.79. The molecule has 0 bridgehead atoms. The Balaban J connectivity index is 1.97. The van der Waals surface area contributed by atoms with Crippen molar-refractivity contribution in [3.05, 3.63) is 72.2 Å². The van der Waals surface area contributed by atoms with Crippen LogP contribution in [-0.4, -0.2) is 35.8 Å². The molecule has 2 amide bonds. The lowest BCUT2D eigenvalue weighted by atomic mass is 10.2. The number of benzene rings is 2. The van der Waals surface area contributed by atoms with Crippen molar-refractivity contribution >= 4 is 29.2 Å². The van der Waals surface area contributed by atoms with E-state index >= 15 is 0 Å². The number of hydrogen-bond donors (Lipinski definition) is 2. The van der Waals surface area contributed by atoms with Gasteiger partial charge in [0.25, 0.3) is 0 Å². The Kier molecular flexibility index (Phi) is 7.03. The number of aromatic nitrogens is 2. The van der Waals surface area contributed by atoms with E-state index in [9.17, 15) is 18.0 Å². The van der Waals surface area contributed by atoms with Crippen LogP contribution in [0.3, 0.4) is 0 Å². The molecule has 31 heavy (non-hydrogen) atoms. The maximum Gasteiger partial charge on any atom is 0.332 e. The zero-order valence-corrected chi connectivity index (χ0v) is 16.8. The van der Waals surface area contributed by atoms with Crippen LogP contribution in [0.25, 0.3) is 0 Å². The van der Waals surface area contributed by atoms with Crippen molar-refractivity contribution in [3.63, 3.8) is 0 Å². The van der Waals surface area contributed by atoms with Crippen LogP contribution >= 0.6 is 0 Å². The lowest BCUT2D eigenvalue weighted by molar-refractivity contribution is 0.190. The monoisotopic (exact) mass is 431 g/mol. The van der Waals surface area contributed by atoms with Crippen molar-refractivity contribution in [2.24, 2.45) is 0 Å². The van der Waals surface area contributed by atoms with Gasteiger partial charge in [-0.25, -0.2) is 27.8 Å². The average molecular weight is 431 g/mol. The second kappa shape index (κ2) is 9.90. The van der Waals surface area contributed by atoms with E-state index in [1.807, 2.05) is 6.92 Å². The highest BCUT2D eigenvalue weighted by atomic mass is 19.2. The van der Waals surface area contributed by atoms with Gasteiger partial charge >= 0.3 is 6.03 Å². The van der Waals surface area contributed by atoms with Gasteiger partial charge in [-0.3, -0.25) is 0 Å². The number of carbonyl (C=O) groups is 1. The summed E-state index contributed by atoms with van der Waals surface area (Å²) in [5.41, 5.74) is -0.529. The molecule has 0 aliphatic rings. The van der Waals surface area contributed by atoms with Gasteiger partial charge in [-0.2, -0.15) is 4.98 Å². The highest BCUT2D eigenvalue weighted by Crippen LogP contribution is 2.27. The zero-order valence-electron chi connectivity index (χ0n) is 16.8. The first-order chi connectivity index (χ1) is 14.9. The molecule has 1 unspecified atom stereocenters. The molecule has 0 fully saturated rings. The van der Waals surface area contributed by atoms with Gasteiger partial charge in [0.05, 0.1) is 12.3 Å². The zero-order chi connectivity index (χ0) is 22.4. The predicted octanol–water partition coefficient (Wildman–Crippen LogP) is 4.71. The molecule has 3 rings (SSSR count). The number of carbonyl (C=O) groups excluding carboxylic acids is 1. The van der Waals surface area contributed by atoms with E-state index in [1.54, 1.807) is 37.4 Å². The third kappa shape index (κ3) is 5.28. The minimum atomic E-state index is -1.50. The average Bonchev–Trinajstić information content (AvgIpc) is 2.75. The fraction of sp³-hybridized carbons (Fsp3) is 0.190. The molecule has 0 spiro atoms. The largest absolute Gasteiger partial charge is 0.383 e. The van der Waals surface area contributed by atoms with E-state index in [2.05, 4.69) is 20.6 Å². The summed E-state index contributed by atoms with van der Waals surface area (Å²) in [6.45, 7) is 2.26. The van der Waals surface area contributed by atoms with Gasteiger partial charge in [-0.15, -0.1) is 0 Å². The first-order valence-corrected chi connectivity index (χ1v) is 9.29. The molecule has 1 aromatic heterocycles. The minimum absolute atomic E-state index is 0.116. The molecule has 0 saturated heterocycles. The van der Waals surface area contributed by atoms with E-state index in [0.717, 1.165) is 11.0 Å². The topological polar surface area (TPSA) is 79.4 Å². The summed E-state index contributed by atoms with van der Waals surface area (Å²) in [7, 11) is 1.56. The Bertz CT molecular complexity index is 1050. The Labute approximate surface area is 176 Å². The lowest BCUT2D eigenvalue weighted by Gasteiger charge is -2.23. The smallest absolute Gasteiger partial charge is 0.332 e. The molecule has 2 N–H and O–H groups in total. The maximum absolute atomic E-state index is 14.1. The number of methoxy groups -OCH3 is 1. The third-order valence-corrected chi connectivity index (χ3v) is 4.16. The fourth-order valence-corrected chi connectivity index (χ4v) is 2.79. The molecular weight excluding hydrogens is 411 g/mol. The van der Waals surface area contributed by atoms with Crippen molar-refractivity contribution in [1.29, 1.82) is 0 Å². The van der Waals surface area contributed by atoms with E-state index in [-0.39, 0.29) is 17.8 Å². The van der Waals surface area contributed by atoms with Crippen LogP contribution in [0.1, 0.15) is 6.92 Å². The summed E-state index contributed by atoms with van der Waals surface area (Å²) < 4.78 is 46.7. The van der Waals surface area contributed by atoms with Crippen LogP contribution < -0.4 is 15.5 Å². The maximum atomic E-state index is 14.1. The predicted molar refractivity (Wildman–Crippen MR) is 111 cm³/mol. The van der Waals surface area contributed by atoms with Gasteiger partial charge in [0.15, 0.2) is 11.6 Å².